The zero-order valence-corrected chi connectivity index (χ0v) is 27.5. The van der Waals surface area contributed by atoms with E-state index in [9.17, 15) is 0 Å². The fourth-order valence-corrected chi connectivity index (χ4v) is 2.49. The summed E-state index contributed by atoms with van der Waals surface area (Å²) in [5.74, 6) is 0.520. The van der Waals surface area contributed by atoms with Crippen LogP contribution in [0.2, 0.25) is 0 Å². The molecule has 0 radical (unpaired) electrons. The Morgan fingerprint density at radius 1 is 0.458 bits per heavy atom. The Morgan fingerprint density at radius 3 is 1.06 bits per heavy atom. The number of phenolic OH excluding ortho intramolecular Hbond substituents is 8. The van der Waals surface area contributed by atoms with Crippen molar-refractivity contribution in [2.24, 2.45) is 0 Å². The number of para-hydroxylation sites is 2. The van der Waals surface area contributed by atoms with E-state index in [1.165, 1.54) is 60.7 Å². The summed E-state index contributed by atoms with van der Waals surface area (Å²) >= 11 is -8.58. The molecule has 4 rings (SSSR count). The standard InChI is InChI=1S/C8H10O2.C7H8O2.2C6H6O2.3H2O3S.H2O/c1-5-3-6(2)8(10)7(9)4-5;1-5-4-6(8)2-3-7(5)9;7-5-1-2-6(8)4-3-5;7-5-3-1-2-4-6(5)8;3*1-4(2)3;/h3-4,9-10H,1-2H3;2-4,8-9H,1H3;2*1-4,7-8H;3*(H2,1,2,3);1H2/p-3. The van der Waals surface area contributed by atoms with Gasteiger partial charge in [-0.1, -0.05) is 18.2 Å². The minimum atomic E-state index is -2.86. The van der Waals surface area contributed by atoms with Gasteiger partial charge in [0.05, 0.1) is 34.1 Å². The molecule has 3 atom stereocenters. The van der Waals surface area contributed by atoms with Crippen molar-refractivity contribution in [3.63, 3.8) is 0 Å². The van der Waals surface area contributed by atoms with Crippen LogP contribution in [-0.4, -0.2) is 86.3 Å². The van der Waals surface area contributed by atoms with Crippen molar-refractivity contribution < 1.29 is 86.3 Å². The van der Waals surface area contributed by atoms with Gasteiger partial charge in [0.2, 0.25) is 0 Å². The highest BCUT2D eigenvalue weighted by Crippen LogP contribution is 2.29. The minimum Gasteiger partial charge on any atom is -0.750 e. The summed E-state index contributed by atoms with van der Waals surface area (Å²) in [5, 5.41) is 70.5. The van der Waals surface area contributed by atoms with Crippen molar-refractivity contribution in [1.29, 1.82) is 0 Å². The number of aryl methyl sites for hydroxylation is 3. The maximum absolute atomic E-state index is 9.08. The highest BCUT2D eigenvalue weighted by atomic mass is 32.2. The molecule has 48 heavy (non-hydrogen) atoms. The summed E-state index contributed by atoms with van der Waals surface area (Å²) in [4.78, 5) is 0. The number of hydrogen-bond donors (Lipinski definition) is 11. The van der Waals surface area contributed by atoms with Crippen LogP contribution in [0.15, 0.2) is 78.9 Å². The molecule has 0 aliphatic carbocycles. The van der Waals surface area contributed by atoms with Gasteiger partial charge in [0, 0.05) is 0 Å². The number of phenols is 8. The first kappa shape index (κ1) is 50.3. The molecule has 0 saturated carbocycles. The molecule has 0 bridgehead atoms. The third-order valence-corrected chi connectivity index (χ3v) is 4.34. The van der Waals surface area contributed by atoms with E-state index in [0.29, 0.717) is 11.1 Å². The summed E-state index contributed by atoms with van der Waals surface area (Å²) < 4.78 is 72.2. The summed E-state index contributed by atoms with van der Waals surface area (Å²) in [7, 11) is 0. The summed E-state index contributed by atoms with van der Waals surface area (Å²) in [6, 6.07) is 19.6. The van der Waals surface area contributed by atoms with E-state index in [-0.39, 0.29) is 51.5 Å². The zero-order chi connectivity index (χ0) is 37.3. The Labute approximate surface area is 282 Å². The average Bonchev–Trinajstić information content (AvgIpc) is 2.93. The van der Waals surface area contributed by atoms with Gasteiger partial charge in [0.1, 0.15) is 23.0 Å². The Balaban J connectivity index is -0.000000242. The Morgan fingerprint density at radius 2 is 0.792 bits per heavy atom. The minimum absolute atomic E-state index is 0. The molecule has 18 nitrogen and oxygen atoms in total. The molecule has 4 aromatic carbocycles. The molecule has 21 heteroatoms. The molecule has 0 heterocycles. The molecule has 0 saturated heterocycles. The second-order valence-corrected chi connectivity index (χ2v) is 9.38. The molecule has 0 aliphatic rings. The van der Waals surface area contributed by atoms with E-state index < -0.39 is 34.1 Å². The second-order valence-electron chi connectivity index (χ2n) is 8.08. The molecule has 4 aromatic rings. The quantitative estimate of drug-likeness (QED) is 0.0699. The summed E-state index contributed by atoms with van der Waals surface area (Å²) in [5.41, 5.74) is 2.35. The molecular formula is C27H35O18S3-3. The third kappa shape index (κ3) is 32.8. The maximum Gasteiger partial charge on any atom is 0.160 e. The van der Waals surface area contributed by atoms with E-state index in [1.54, 1.807) is 26.0 Å². The fraction of sp³-hybridized carbons (Fsp3) is 0.111. The molecule has 13 N–H and O–H groups in total. The number of hydrogen-bond acceptors (Lipinski definition) is 14. The number of rotatable bonds is 0. The molecule has 272 valence electrons. The normalized spacial score (nSPS) is 10.7. The lowest BCUT2D eigenvalue weighted by Crippen LogP contribution is -1.78. The SMILES string of the molecule is Cc1cc(C)c(O)c(O)c1.Cc1cc(O)ccc1O.O.O=S([O-])O.O=S([O-])O.O=S([O-])O.Oc1ccc(O)cc1.Oc1ccccc1O. The smallest absolute Gasteiger partial charge is 0.160 e. The lowest BCUT2D eigenvalue weighted by molar-refractivity contribution is 0.400. The Hall–Kier alpha value is -4.55. The Kier molecular flexibility index (Phi) is 30.0. The van der Waals surface area contributed by atoms with E-state index >= 15 is 0 Å². The van der Waals surface area contributed by atoms with Crippen LogP contribution in [0.4, 0.5) is 0 Å². The van der Waals surface area contributed by atoms with Gasteiger partial charge in [0.15, 0.2) is 23.0 Å². The van der Waals surface area contributed by atoms with Crippen LogP contribution in [-0.2, 0) is 34.1 Å². The lowest BCUT2D eigenvalue weighted by Gasteiger charge is -2.01. The van der Waals surface area contributed by atoms with Crippen LogP contribution >= 0.6 is 0 Å². The summed E-state index contributed by atoms with van der Waals surface area (Å²) in [6.07, 6.45) is 0. The largest absolute Gasteiger partial charge is 0.750 e. The van der Waals surface area contributed by atoms with Gasteiger partial charge in [0.25, 0.3) is 0 Å². The van der Waals surface area contributed by atoms with E-state index in [4.69, 9.17) is 80.8 Å². The Bertz CT molecular complexity index is 1410. The van der Waals surface area contributed by atoms with Crippen LogP contribution in [0, 0.1) is 20.8 Å². The number of aromatic hydroxyl groups is 8. The molecule has 0 aromatic heterocycles. The first-order valence-electron chi connectivity index (χ1n) is 11.9. The highest BCUT2D eigenvalue weighted by molar-refractivity contribution is 7.73. The van der Waals surface area contributed by atoms with Crippen LogP contribution in [0.1, 0.15) is 16.7 Å². The zero-order valence-electron chi connectivity index (χ0n) is 25.1. The average molecular weight is 744 g/mol. The van der Waals surface area contributed by atoms with Crippen molar-refractivity contribution in [2.45, 2.75) is 20.8 Å². The van der Waals surface area contributed by atoms with Crippen molar-refractivity contribution in [1.82, 2.24) is 0 Å². The van der Waals surface area contributed by atoms with Gasteiger partial charge in [-0.05, 0) is 98.1 Å². The van der Waals surface area contributed by atoms with Crippen molar-refractivity contribution in [3.05, 3.63) is 95.6 Å². The van der Waals surface area contributed by atoms with Gasteiger partial charge in [-0.2, -0.15) is 0 Å². The predicted octanol–water partition coefficient (Wildman–Crippen LogP) is 2.51. The van der Waals surface area contributed by atoms with Gasteiger partial charge in [-0.15, -0.1) is 0 Å². The summed E-state index contributed by atoms with van der Waals surface area (Å²) in [6.45, 7) is 5.35. The van der Waals surface area contributed by atoms with Gasteiger partial charge >= 0.3 is 0 Å². The highest BCUT2D eigenvalue weighted by Gasteiger charge is 2.01. The van der Waals surface area contributed by atoms with E-state index in [2.05, 4.69) is 0 Å². The van der Waals surface area contributed by atoms with Gasteiger partial charge in [-0.25, -0.2) is 12.6 Å². The van der Waals surface area contributed by atoms with Crippen LogP contribution in [0.25, 0.3) is 0 Å². The van der Waals surface area contributed by atoms with Gasteiger partial charge in [-0.3, -0.25) is 0 Å². The first-order chi connectivity index (χ1) is 21.6. The van der Waals surface area contributed by atoms with Crippen molar-refractivity contribution in [3.8, 4) is 46.0 Å². The van der Waals surface area contributed by atoms with Crippen LogP contribution < -0.4 is 0 Å². The van der Waals surface area contributed by atoms with Crippen LogP contribution in [0.5, 0.6) is 46.0 Å². The predicted molar refractivity (Wildman–Crippen MR) is 172 cm³/mol. The maximum atomic E-state index is 9.08. The monoisotopic (exact) mass is 743 g/mol. The molecule has 3 unspecified atom stereocenters. The molecule has 0 amide bonds. The first-order valence-corrected chi connectivity index (χ1v) is 15.0. The number of benzene rings is 4. The second kappa shape index (κ2) is 28.7. The fourth-order valence-electron chi connectivity index (χ4n) is 2.49. The molecule has 0 fully saturated rings. The van der Waals surface area contributed by atoms with E-state index in [0.717, 1.165) is 5.56 Å². The van der Waals surface area contributed by atoms with Crippen LogP contribution in [0.3, 0.4) is 0 Å². The van der Waals surface area contributed by atoms with Crippen molar-refractivity contribution >= 4 is 34.1 Å². The molecular weight excluding hydrogens is 708 g/mol. The van der Waals surface area contributed by atoms with E-state index in [1.807, 2.05) is 13.0 Å². The molecule has 0 spiro atoms. The van der Waals surface area contributed by atoms with Crippen molar-refractivity contribution in [2.75, 3.05) is 0 Å². The molecule has 0 aliphatic heterocycles. The third-order valence-electron chi connectivity index (χ3n) is 4.34. The van der Waals surface area contributed by atoms with Gasteiger partial charge < -0.3 is 73.6 Å². The lowest BCUT2D eigenvalue weighted by atomic mass is 10.1. The topological polar surface area (TPSA) is 374 Å².